The van der Waals surface area contributed by atoms with Gasteiger partial charge in [0.1, 0.15) is 5.69 Å². The zero-order valence-corrected chi connectivity index (χ0v) is 16.6. The number of nitrogens with zero attached hydrogens (tertiary/aromatic N) is 1. The highest BCUT2D eigenvalue weighted by Gasteiger charge is 2.21. The largest absolute Gasteiger partial charge is 0.461 e. The van der Waals surface area contributed by atoms with Gasteiger partial charge in [-0.25, -0.2) is 4.79 Å². The number of allylic oxidation sites excluding steroid dienone is 1. The second kappa shape index (κ2) is 8.89. The van der Waals surface area contributed by atoms with Crippen LogP contribution in [0.2, 0.25) is 0 Å². The average Bonchev–Trinajstić information content (AvgIpc) is 3.01. The van der Waals surface area contributed by atoms with Crippen LogP contribution in [0.15, 0.2) is 30.3 Å². The van der Waals surface area contributed by atoms with Crippen LogP contribution in [0.5, 0.6) is 0 Å². The number of aryl methyl sites for hydroxylation is 1. The summed E-state index contributed by atoms with van der Waals surface area (Å²) in [5.41, 5.74) is 4.24. The molecule has 3 rings (SSSR count). The van der Waals surface area contributed by atoms with Crippen LogP contribution in [0.25, 0.3) is 6.08 Å². The summed E-state index contributed by atoms with van der Waals surface area (Å²) in [4.78, 5) is 29.9. The van der Waals surface area contributed by atoms with Gasteiger partial charge in [-0.1, -0.05) is 18.2 Å². The molecule has 0 atom stereocenters. The van der Waals surface area contributed by atoms with Gasteiger partial charge in [-0.05, 0) is 50.1 Å². The third-order valence-electron chi connectivity index (χ3n) is 4.86. The van der Waals surface area contributed by atoms with Crippen molar-refractivity contribution >= 4 is 23.5 Å². The van der Waals surface area contributed by atoms with E-state index in [4.69, 9.17) is 9.47 Å². The molecule has 148 valence electrons. The molecule has 0 radical (unpaired) electrons. The van der Waals surface area contributed by atoms with Crippen molar-refractivity contribution in [2.24, 2.45) is 0 Å². The Morgan fingerprint density at radius 1 is 1.18 bits per heavy atom. The minimum absolute atomic E-state index is 0.140. The maximum absolute atomic E-state index is 12.7. The first-order valence-corrected chi connectivity index (χ1v) is 9.52. The number of ketones is 1. The van der Waals surface area contributed by atoms with Crippen molar-refractivity contribution in [3.63, 3.8) is 0 Å². The number of hydrogen-bond donors (Lipinski definition) is 1. The van der Waals surface area contributed by atoms with Gasteiger partial charge in [-0.15, -0.1) is 0 Å². The number of anilines is 1. The van der Waals surface area contributed by atoms with Gasteiger partial charge in [0.25, 0.3) is 0 Å². The van der Waals surface area contributed by atoms with E-state index >= 15 is 0 Å². The first-order valence-electron chi connectivity index (χ1n) is 9.52. The molecule has 1 aromatic carbocycles. The summed E-state index contributed by atoms with van der Waals surface area (Å²) in [6.45, 7) is 8.87. The lowest BCUT2D eigenvalue weighted by Crippen LogP contribution is -2.36. The predicted octanol–water partition coefficient (Wildman–Crippen LogP) is 3.54. The summed E-state index contributed by atoms with van der Waals surface area (Å²) in [5, 5.41) is 0. The molecule has 2 heterocycles. The van der Waals surface area contributed by atoms with Crippen molar-refractivity contribution in [1.82, 2.24) is 4.98 Å². The number of hydrogen-bond acceptors (Lipinski definition) is 5. The maximum Gasteiger partial charge on any atom is 0.355 e. The number of carbonyl (C=O) groups excluding carboxylic acids is 2. The number of esters is 1. The fourth-order valence-electron chi connectivity index (χ4n) is 3.40. The van der Waals surface area contributed by atoms with Gasteiger partial charge in [0.2, 0.25) is 0 Å². The number of nitrogens with one attached hydrogen (secondary N) is 1. The summed E-state index contributed by atoms with van der Waals surface area (Å²) in [6.07, 6.45) is 3.34. The molecule has 1 aliphatic heterocycles. The van der Waals surface area contributed by atoms with Crippen molar-refractivity contribution in [2.75, 3.05) is 37.8 Å². The molecule has 1 aromatic heterocycles. The fourth-order valence-corrected chi connectivity index (χ4v) is 3.40. The molecule has 1 aliphatic rings. The molecule has 0 aliphatic carbocycles. The molecule has 28 heavy (non-hydrogen) atoms. The van der Waals surface area contributed by atoms with Crippen LogP contribution >= 0.6 is 0 Å². The van der Waals surface area contributed by atoms with Crippen LogP contribution in [0, 0.1) is 13.8 Å². The van der Waals surface area contributed by atoms with Crippen molar-refractivity contribution in [3.05, 3.63) is 58.4 Å². The van der Waals surface area contributed by atoms with E-state index in [1.54, 1.807) is 32.9 Å². The van der Waals surface area contributed by atoms with Crippen molar-refractivity contribution in [2.45, 2.75) is 20.8 Å². The number of benzene rings is 1. The molecular formula is C22H26N2O4. The van der Waals surface area contributed by atoms with E-state index in [1.165, 1.54) is 0 Å². The maximum atomic E-state index is 12.7. The predicted molar refractivity (Wildman–Crippen MR) is 109 cm³/mol. The first kappa shape index (κ1) is 19.9. The molecule has 2 aromatic rings. The average molecular weight is 382 g/mol. The Morgan fingerprint density at radius 3 is 2.50 bits per heavy atom. The summed E-state index contributed by atoms with van der Waals surface area (Å²) in [5.74, 6) is -0.580. The van der Waals surface area contributed by atoms with Crippen LogP contribution in [-0.4, -0.2) is 49.6 Å². The SMILES string of the molecule is CCOC(=O)c1[nH]c(C)c(C(=O)C=Cc2ccc(N3CCOCC3)cc2)c1C. The van der Waals surface area contributed by atoms with Gasteiger partial charge in [-0.3, -0.25) is 4.79 Å². The summed E-state index contributed by atoms with van der Waals surface area (Å²) in [6, 6.07) is 8.10. The molecular weight excluding hydrogens is 356 g/mol. The van der Waals surface area contributed by atoms with Crippen LogP contribution in [-0.2, 0) is 9.47 Å². The standard InChI is InChI=1S/C22H26N2O4/c1-4-28-22(26)21-15(2)20(16(3)23-21)19(25)10-7-17-5-8-18(9-6-17)24-11-13-27-14-12-24/h5-10,23H,4,11-14H2,1-3H3. The fraction of sp³-hybridized carbons (Fsp3) is 0.364. The van der Waals surface area contributed by atoms with Crippen molar-refractivity contribution in [3.8, 4) is 0 Å². The highest BCUT2D eigenvalue weighted by Crippen LogP contribution is 2.21. The Kier molecular flexibility index (Phi) is 6.31. The lowest BCUT2D eigenvalue weighted by Gasteiger charge is -2.28. The third-order valence-corrected chi connectivity index (χ3v) is 4.86. The van der Waals surface area contributed by atoms with E-state index in [-0.39, 0.29) is 5.78 Å². The number of aromatic amines is 1. The van der Waals surface area contributed by atoms with E-state index in [0.717, 1.165) is 37.6 Å². The minimum Gasteiger partial charge on any atom is -0.461 e. The molecule has 0 unspecified atom stereocenters. The smallest absolute Gasteiger partial charge is 0.355 e. The number of morpholine rings is 1. The highest BCUT2D eigenvalue weighted by molar-refractivity contribution is 6.10. The number of rotatable bonds is 6. The lowest BCUT2D eigenvalue weighted by atomic mass is 10.0. The lowest BCUT2D eigenvalue weighted by molar-refractivity contribution is 0.0519. The zero-order chi connectivity index (χ0) is 20.1. The van der Waals surface area contributed by atoms with Gasteiger partial charge >= 0.3 is 5.97 Å². The minimum atomic E-state index is -0.440. The Labute approximate surface area is 165 Å². The Balaban J connectivity index is 1.72. The van der Waals surface area contributed by atoms with Gasteiger partial charge < -0.3 is 19.4 Å². The van der Waals surface area contributed by atoms with Gasteiger partial charge in [0.05, 0.1) is 19.8 Å². The van der Waals surface area contributed by atoms with Crippen molar-refractivity contribution in [1.29, 1.82) is 0 Å². The third kappa shape index (κ3) is 4.34. The van der Waals surface area contributed by atoms with Crippen LogP contribution in [0.3, 0.4) is 0 Å². The molecule has 1 fully saturated rings. The summed E-state index contributed by atoms with van der Waals surface area (Å²) < 4.78 is 10.4. The number of H-pyrrole nitrogens is 1. The quantitative estimate of drug-likeness (QED) is 0.470. The first-order chi connectivity index (χ1) is 13.5. The van der Waals surface area contributed by atoms with Gasteiger partial charge in [0, 0.05) is 30.0 Å². The van der Waals surface area contributed by atoms with E-state index in [0.29, 0.717) is 29.1 Å². The molecule has 0 spiro atoms. The molecule has 0 amide bonds. The summed E-state index contributed by atoms with van der Waals surface area (Å²) >= 11 is 0. The van der Waals surface area contributed by atoms with Gasteiger partial charge in [-0.2, -0.15) is 0 Å². The monoisotopic (exact) mass is 382 g/mol. The molecule has 6 nitrogen and oxygen atoms in total. The second-order valence-electron chi connectivity index (χ2n) is 6.73. The number of ether oxygens (including phenoxy) is 2. The molecule has 1 N–H and O–H groups in total. The number of carbonyl (C=O) groups is 2. The van der Waals surface area contributed by atoms with Gasteiger partial charge in [0.15, 0.2) is 5.78 Å². The Bertz CT molecular complexity index is 875. The topological polar surface area (TPSA) is 71.6 Å². The van der Waals surface area contributed by atoms with E-state index in [2.05, 4.69) is 22.0 Å². The van der Waals surface area contributed by atoms with E-state index < -0.39 is 5.97 Å². The summed E-state index contributed by atoms with van der Waals surface area (Å²) in [7, 11) is 0. The Hall–Kier alpha value is -2.86. The molecule has 1 saturated heterocycles. The highest BCUT2D eigenvalue weighted by atomic mass is 16.5. The molecule has 0 bridgehead atoms. The van der Waals surface area contributed by atoms with Crippen LogP contribution in [0.4, 0.5) is 5.69 Å². The van der Waals surface area contributed by atoms with E-state index in [9.17, 15) is 9.59 Å². The molecule has 0 saturated carbocycles. The van der Waals surface area contributed by atoms with Crippen LogP contribution < -0.4 is 4.90 Å². The second-order valence-corrected chi connectivity index (χ2v) is 6.73. The van der Waals surface area contributed by atoms with Crippen LogP contribution in [0.1, 0.15) is 44.6 Å². The van der Waals surface area contributed by atoms with E-state index in [1.807, 2.05) is 12.1 Å². The van der Waals surface area contributed by atoms with Crippen molar-refractivity contribution < 1.29 is 19.1 Å². The Morgan fingerprint density at radius 2 is 1.86 bits per heavy atom. The zero-order valence-electron chi connectivity index (χ0n) is 16.6. The molecule has 6 heteroatoms. The number of aromatic nitrogens is 1. The normalized spacial score (nSPS) is 14.5.